The number of epoxide rings is 1. The van der Waals surface area contributed by atoms with Gasteiger partial charge in [0.25, 0.3) is 0 Å². The summed E-state index contributed by atoms with van der Waals surface area (Å²) in [4.78, 5) is 0. The van der Waals surface area contributed by atoms with Crippen molar-refractivity contribution in [2.75, 3.05) is 19.8 Å². The van der Waals surface area contributed by atoms with Gasteiger partial charge >= 0.3 is 8.56 Å². The molecule has 134 valence electrons. The van der Waals surface area contributed by atoms with Gasteiger partial charge in [-0.1, -0.05) is 19.7 Å². The lowest BCUT2D eigenvalue weighted by Gasteiger charge is -2.28. The topological polar surface area (TPSA) is 49.5 Å². The number of hydrogen-bond donors (Lipinski definition) is 0. The van der Waals surface area contributed by atoms with Crippen LogP contribution in [0.3, 0.4) is 0 Å². The lowest BCUT2D eigenvalue weighted by atomic mass is 10.5. The van der Waals surface area contributed by atoms with Crippen LogP contribution in [0.4, 0.5) is 0 Å². The normalized spacial score (nSPS) is 15.9. The third-order valence-electron chi connectivity index (χ3n) is 2.75. The standard InChI is InChI=1S/C13H24O4Si.C3H8OSi/c1-11(2)16-18(5,17-12(3)4)8-6-7-14-9-13-10-15-13;1-3(2)4-5/h13H,1,3,6-10H2,2,4-5H3;1H2,2,5H3. The molecule has 1 heterocycles. The molecule has 1 aliphatic rings. The van der Waals surface area contributed by atoms with Gasteiger partial charge < -0.3 is 22.8 Å². The van der Waals surface area contributed by atoms with Gasteiger partial charge in [-0.3, -0.25) is 0 Å². The van der Waals surface area contributed by atoms with Gasteiger partial charge in [0.2, 0.25) is 10.5 Å². The number of allylic oxidation sites excluding steroid dienone is 3. The van der Waals surface area contributed by atoms with Crippen molar-refractivity contribution >= 4 is 19.0 Å². The van der Waals surface area contributed by atoms with Crippen LogP contribution in [0.2, 0.25) is 12.6 Å². The highest BCUT2D eigenvalue weighted by Gasteiger charge is 2.35. The quantitative estimate of drug-likeness (QED) is 0.245. The van der Waals surface area contributed by atoms with Crippen LogP contribution >= 0.6 is 0 Å². The van der Waals surface area contributed by atoms with Gasteiger partial charge in [0, 0.05) is 19.2 Å². The summed E-state index contributed by atoms with van der Waals surface area (Å²) in [6.45, 7) is 20.8. The van der Waals surface area contributed by atoms with Crippen molar-refractivity contribution in [3.05, 3.63) is 37.0 Å². The zero-order chi connectivity index (χ0) is 17.9. The predicted molar refractivity (Wildman–Crippen MR) is 99.2 cm³/mol. The van der Waals surface area contributed by atoms with Gasteiger partial charge in [-0.2, -0.15) is 0 Å². The van der Waals surface area contributed by atoms with Crippen molar-refractivity contribution in [1.82, 2.24) is 0 Å². The minimum atomic E-state index is -2.25. The van der Waals surface area contributed by atoms with E-state index in [0.29, 0.717) is 30.8 Å². The van der Waals surface area contributed by atoms with Gasteiger partial charge in [-0.15, -0.1) is 0 Å². The highest BCUT2D eigenvalue weighted by atomic mass is 28.4. The minimum absolute atomic E-state index is 0.326. The van der Waals surface area contributed by atoms with Gasteiger partial charge in [-0.25, -0.2) is 0 Å². The molecule has 1 rings (SSSR count). The molecule has 0 radical (unpaired) electrons. The molecule has 0 aromatic rings. The number of ether oxygens (including phenoxy) is 2. The van der Waals surface area contributed by atoms with E-state index in [0.717, 1.165) is 35.3 Å². The van der Waals surface area contributed by atoms with Crippen molar-refractivity contribution < 1.29 is 22.8 Å². The summed E-state index contributed by atoms with van der Waals surface area (Å²) in [7, 11) is -1.47. The van der Waals surface area contributed by atoms with Crippen molar-refractivity contribution in [1.29, 1.82) is 0 Å². The highest BCUT2D eigenvalue weighted by molar-refractivity contribution is 6.66. The Hall–Kier alpha value is -1.03. The molecule has 0 bridgehead atoms. The molecule has 0 spiro atoms. The van der Waals surface area contributed by atoms with E-state index in [-0.39, 0.29) is 0 Å². The molecule has 7 heteroatoms. The fourth-order valence-corrected chi connectivity index (χ4v) is 4.24. The third-order valence-corrected chi connectivity index (χ3v) is 6.27. The average molecular weight is 361 g/mol. The monoisotopic (exact) mass is 360 g/mol. The largest absolute Gasteiger partial charge is 0.557 e. The second-order valence-electron chi connectivity index (χ2n) is 5.78. The van der Waals surface area contributed by atoms with E-state index in [1.807, 2.05) is 27.3 Å². The summed E-state index contributed by atoms with van der Waals surface area (Å²) in [5.74, 6) is 2.20. The van der Waals surface area contributed by atoms with Crippen molar-refractivity contribution in [2.24, 2.45) is 0 Å². The molecule has 0 aromatic carbocycles. The number of rotatable bonds is 11. The van der Waals surface area contributed by atoms with Crippen LogP contribution in [0, 0.1) is 0 Å². The summed E-state index contributed by atoms with van der Waals surface area (Å²) in [5.41, 5.74) is 0. The van der Waals surface area contributed by atoms with Crippen LogP contribution < -0.4 is 0 Å². The molecular formula is C16H32O5Si2. The molecule has 1 saturated heterocycles. The van der Waals surface area contributed by atoms with Crippen LogP contribution in [0.5, 0.6) is 0 Å². The third kappa shape index (κ3) is 14.3. The first-order valence-electron chi connectivity index (χ1n) is 7.76. The van der Waals surface area contributed by atoms with E-state index >= 15 is 0 Å². The van der Waals surface area contributed by atoms with E-state index in [1.165, 1.54) is 0 Å². The first-order chi connectivity index (χ1) is 10.7. The summed E-state index contributed by atoms with van der Waals surface area (Å²) in [6.07, 6.45) is 1.24. The van der Waals surface area contributed by atoms with Gasteiger partial charge in [0.1, 0.15) is 6.10 Å². The molecule has 0 aliphatic carbocycles. The second-order valence-corrected chi connectivity index (χ2v) is 9.37. The molecule has 0 N–H and O–H groups in total. The summed E-state index contributed by atoms with van der Waals surface area (Å²) in [6, 6.07) is 0.859. The van der Waals surface area contributed by atoms with Crippen molar-refractivity contribution in [3.63, 3.8) is 0 Å². The van der Waals surface area contributed by atoms with E-state index in [4.69, 9.17) is 22.8 Å². The van der Waals surface area contributed by atoms with E-state index < -0.39 is 8.56 Å². The van der Waals surface area contributed by atoms with Crippen LogP contribution in [0.1, 0.15) is 27.2 Å². The minimum Gasteiger partial charge on any atom is -0.557 e. The zero-order valence-corrected chi connectivity index (χ0v) is 18.3. The van der Waals surface area contributed by atoms with Crippen LogP contribution in [-0.2, 0) is 22.8 Å². The Morgan fingerprint density at radius 3 is 1.96 bits per heavy atom. The van der Waals surface area contributed by atoms with Crippen LogP contribution in [0.25, 0.3) is 0 Å². The second kappa shape index (κ2) is 11.5. The molecule has 0 saturated carbocycles. The Kier molecular flexibility index (Phi) is 11.0. The Balaban J connectivity index is 0.000000841. The lowest BCUT2D eigenvalue weighted by molar-refractivity contribution is 0.115. The predicted octanol–water partition coefficient (Wildman–Crippen LogP) is 2.78. The van der Waals surface area contributed by atoms with E-state index in [1.54, 1.807) is 0 Å². The van der Waals surface area contributed by atoms with E-state index in [9.17, 15) is 0 Å². The Morgan fingerprint density at radius 1 is 1.13 bits per heavy atom. The smallest absolute Gasteiger partial charge is 0.456 e. The zero-order valence-electron chi connectivity index (χ0n) is 15.3. The first kappa shape index (κ1) is 22.0. The molecule has 1 fully saturated rings. The highest BCUT2D eigenvalue weighted by Crippen LogP contribution is 2.21. The lowest BCUT2D eigenvalue weighted by Crippen LogP contribution is -2.37. The first-order valence-corrected chi connectivity index (χ1v) is 11.1. The maximum atomic E-state index is 5.77. The maximum absolute atomic E-state index is 5.77. The number of hydrogen-bond acceptors (Lipinski definition) is 5. The molecule has 23 heavy (non-hydrogen) atoms. The van der Waals surface area contributed by atoms with Gasteiger partial charge in [-0.05, 0) is 27.2 Å². The molecule has 1 aliphatic heterocycles. The van der Waals surface area contributed by atoms with Gasteiger partial charge in [0.05, 0.1) is 30.5 Å². The summed E-state index contributed by atoms with van der Waals surface area (Å²) < 4.78 is 26.8. The van der Waals surface area contributed by atoms with Crippen LogP contribution in [-0.4, -0.2) is 45.0 Å². The Labute approximate surface area is 145 Å². The van der Waals surface area contributed by atoms with Crippen molar-refractivity contribution in [3.8, 4) is 0 Å². The van der Waals surface area contributed by atoms with Crippen LogP contribution in [0.15, 0.2) is 37.0 Å². The summed E-state index contributed by atoms with van der Waals surface area (Å²) >= 11 is 0. The van der Waals surface area contributed by atoms with Gasteiger partial charge in [0.15, 0.2) is 0 Å². The Morgan fingerprint density at radius 2 is 1.61 bits per heavy atom. The fourth-order valence-electron chi connectivity index (χ4n) is 1.73. The fraction of sp³-hybridized carbons (Fsp3) is 0.625. The maximum Gasteiger partial charge on any atom is 0.456 e. The molecule has 5 nitrogen and oxygen atoms in total. The molecular weight excluding hydrogens is 328 g/mol. The molecule has 0 aromatic heterocycles. The SMILES string of the molecule is C=C(C)O[SiH3].C=C(C)O[Si](C)(CCCOCC1CO1)OC(=C)C. The average Bonchev–Trinajstić information content (AvgIpc) is 3.21. The summed E-state index contributed by atoms with van der Waals surface area (Å²) in [5, 5.41) is 0. The molecule has 1 unspecified atom stereocenters. The van der Waals surface area contributed by atoms with Crippen molar-refractivity contribution in [2.45, 2.75) is 45.9 Å². The molecule has 1 atom stereocenters. The Bertz CT molecular complexity index is 378. The molecule has 0 amide bonds. The van der Waals surface area contributed by atoms with E-state index in [2.05, 4.69) is 19.7 Å².